The number of rotatable bonds is 4. The Kier molecular flexibility index (Phi) is 5.22. The van der Waals surface area contributed by atoms with E-state index < -0.39 is 0 Å². The number of hydrogen-bond acceptors (Lipinski definition) is 3. The first-order valence-electron chi connectivity index (χ1n) is 7.72. The van der Waals surface area contributed by atoms with Gasteiger partial charge in [0.1, 0.15) is 0 Å². The Morgan fingerprint density at radius 1 is 1.32 bits per heavy atom. The molecule has 4 heteroatoms. The number of carbonyl (C=O) groups excluding carboxylic acids is 1. The number of nitrogens with zero attached hydrogens (tertiary/aromatic N) is 2. The molecule has 0 bridgehead atoms. The summed E-state index contributed by atoms with van der Waals surface area (Å²) in [7, 11) is 4.12. The zero-order chi connectivity index (χ0) is 13.8. The highest BCUT2D eigenvalue weighted by molar-refractivity contribution is 5.76. The Labute approximate surface area is 117 Å². The molecule has 1 aliphatic heterocycles. The molecule has 0 radical (unpaired) electrons. The van der Waals surface area contributed by atoms with Crippen LogP contribution in [-0.4, -0.2) is 55.5 Å². The van der Waals surface area contributed by atoms with Crippen molar-refractivity contribution < 1.29 is 4.79 Å². The second kappa shape index (κ2) is 6.71. The van der Waals surface area contributed by atoms with Gasteiger partial charge < -0.3 is 15.5 Å². The summed E-state index contributed by atoms with van der Waals surface area (Å²) in [6.07, 6.45) is 6.46. The fraction of sp³-hybridized carbons (Fsp3) is 0.933. The number of hydrogen-bond donors (Lipinski definition) is 1. The minimum Gasteiger partial charge on any atom is -0.345 e. The Bertz CT molecular complexity index is 308. The summed E-state index contributed by atoms with van der Waals surface area (Å²) in [5.74, 6) is 1.49. The lowest BCUT2D eigenvalue weighted by Gasteiger charge is -2.28. The molecule has 19 heavy (non-hydrogen) atoms. The van der Waals surface area contributed by atoms with Gasteiger partial charge in [0.05, 0.1) is 0 Å². The summed E-state index contributed by atoms with van der Waals surface area (Å²) in [5, 5.41) is 0. The highest BCUT2D eigenvalue weighted by Crippen LogP contribution is 2.26. The molecule has 2 rings (SSSR count). The Balaban J connectivity index is 1.72. The maximum atomic E-state index is 12.3. The highest BCUT2D eigenvalue weighted by atomic mass is 16.2. The smallest absolute Gasteiger partial charge is 0.222 e. The monoisotopic (exact) mass is 267 g/mol. The van der Waals surface area contributed by atoms with Crippen LogP contribution in [-0.2, 0) is 4.79 Å². The molecule has 0 aromatic rings. The average Bonchev–Trinajstić information content (AvgIpc) is 2.74. The maximum Gasteiger partial charge on any atom is 0.222 e. The predicted molar refractivity (Wildman–Crippen MR) is 77.8 cm³/mol. The van der Waals surface area contributed by atoms with Crippen LogP contribution in [0.4, 0.5) is 0 Å². The molecule has 1 heterocycles. The van der Waals surface area contributed by atoms with Crippen LogP contribution in [0.25, 0.3) is 0 Å². The molecule has 1 saturated carbocycles. The topological polar surface area (TPSA) is 49.6 Å². The van der Waals surface area contributed by atoms with Crippen LogP contribution in [0.15, 0.2) is 0 Å². The molecule has 110 valence electrons. The van der Waals surface area contributed by atoms with Crippen LogP contribution in [0.2, 0.25) is 0 Å². The summed E-state index contributed by atoms with van der Waals surface area (Å²) >= 11 is 0. The molecule has 0 aromatic heterocycles. The number of amides is 1. The molecule has 0 aromatic carbocycles. The van der Waals surface area contributed by atoms with E-state index in [9.17, 15) is 4.79 Å². The molecule has 0 spiro atoms. The normalized spacial score (nSPS) is 32.5. The van der Waals surface area contributed by atoms with Gasteiger partial charge in [0.15, 0.2) is 0 Å². The van der Waals surface area contributed by atoms with Crippen molar-refractivity contribution in [2.24, 2.45) is 17.6 Å². The first kappa shape index (κ1) is 14.8. The van der Waals surface area contributed by atoms with Crippen LogP contribution in [0.3, 0.4) is 0 Å². The number of carbonyl (C=O) groups is 1. The molecular weight excluding hydrogens is 238 g/mol. The van der Waals surface area contributed by atoms with E-state index in [-0.39, 0.29) is 0 Å². The van der Waals surface area contributed by atoms with Crippen molar-refractivity contribution in [3.05, 3.63) is 0 Å². The van der Waals surface area contributed by atoms with E-state index in [1.165, 1.54) is 25.8 Å². The van der Waals surface area contributed by atoms with Crippen LogP contribution >= 0.6 is 0 Å². The average molecular weight is 267 g/mol. The van der Waals surface area contributed by atoms with Gasteiger partial charge in [-0.3, -0.25) is 4.79 Å². The Morgan fingerprint density at radius 2 is 2.11 bits per heavy atom. The Morgan fingerprint density at radius 3 is 2.74 bits per heavy atom. The second-order valence-corrected chi connectivity index (χ2v) is 6.69. The predicted octanol–water partition coefficient (Wildman–Crippen LogP) is 1.30. The molecule has 1 aliphatic carbocycles. The fourth-order valence-electron chi connectivity index (χ4n) is 3.59. The van der Waals surface area contributed by atoms with Gasteiger partial charge in [0, 0.05) is 32.6 Å². The lowest BCUT2D eigenvalue weighted by atomic mass is 9.84. The SMILES string of the molecule is CN1CCC(CN(C)C(=O)CC2CCCC(N)C2)C1. The lowest BCUT2D eigenvalue weighted by Crippen LogP contribution is -2.36. The minimum atomic E-state index is 0.314. The standard InChI is InChI=1S/C15H29N3O/c1-17-7-6-13(10-17)11-18(2)15(19)9-12-4-3-5-14(16)8-12/h12-14H,3-11,16H2,1-2H3. The van der Waals surface area contributed by atoms with Gasteiger partial charge in [0.2, 0.25) is 5.91 Å². The molecule has 2 fully saturated rings. The van der Waals surface area contributed by atoms with Gasteiger partial charge in [-0.05, 0) is 51.1 Å². The third-order valence-electron chi connectivity index (χ3n) is 4.73. The quantitative estimate of drug-likeness (QED) is 0.835. The first-order valence-corrected chi connectivity index (χ1v) is 7.72. The van der Waals surface area contributed by atoms with Crippen molar-refractivity contribution in [2.45, 2.75) is 44.6 Å². The van der Waals surface area contributed by atoms with Gasteiger partial charge in [0.25, 0.3) is 0 Å². The molecule has 3 atom stereocenters. The minimum absolute atomic E-state index is 0.314. The van der Waals surface area contributed by atoms with E-state index in [4.69, 9.17) is 5.73 Å². The van der Waals surface area contributed by atoms with Gasteiger partial charge >= 0.3 is 0 Å². The van der Waals surface area contributed by atoms with Crippen LogP contribution in [0, 0.1) is 11.8 Å². The van der Waals surface area contributed by atoms with E-state index in [0.29, 0.717) is 30.2 Å². The van der Waals surface area contributed by atoms with E-state index >= 15 is 0 Å². The third kappa shape index (κ3) is 4.46. The van der Waals surface area contributed by atoms with Gasteiger partial charge in [-0.1, -0.05) is 6.42 Å². The lowest BCUT2D eigenvalue weighted by molar-refractivity contribution is -0.131. The van der Waals surface area contributed by atoms with Crippen molar-refractivity contribution in [1.29, 1.82) is 0 Å². The number of nitrogens with two attached hydrogens (primary N) is 1. The maximum absolute atomic E-state index is 12.3. The summed E-state index contributed by atoms with van der Waals surface area (Å²) in [5.41, 5.74) is 5.99. The van der Waals surface area contributed by atoms with E-state index in [0.717, 1.165) is 25.9 Å². The van der Waals surface area contributed by atoms with E-state index in [2.05, 4.69) is 11.9 Å². The van der Waals surface area contributed by atoms with Crippen molar-refractivity contribution in [3.63, 3.8) is 0 Å². The second-order valence-electron chi connectivity index (χ2n) is 6.69. The molecule has 1 amide bonds. The summed E-state index contributed by atoms with van der Waals surface area (Å²) in [6.45, 7) is 3.22. The van der Waals surface area contributed by atoms with Crippen molar-refractivity contribution in [1.82, 2.24) is 9.80 Å². The fourth-order valence-corrected chi connectivity index (χ4v) is 3.59. The third-order valence-corrected chi connectivity index (χ3v) is 4.73. The molecule has 3 unspecified atom stereocenters. The molecule has 2 N–H and O–H groups in total. The highest BCUT2D eigenvalue weighted by Gasteiger charge is 2.25. The zero-order valence-corrected chi connectivity index (χ0v) is 12.5. The Hall–Kier alpha value is -0.610. The molecule has 4 nitrogen and oxygen atoms in total. The summed E-state index contributed by atoms with van der Waals surface area (Å²) in [4.78, 5) is 16.6. The molecule has 1 saturated heterocycles. The summed E-state index contributed by atoms with van der Waals surface area (Å²) < 4.78 is 0. The van der Waals surface area contributed by atoms with Crippen molar-refractivity contribution >= 4 is 5.91 Å². The van der Waals surface area contributed by atoms with E-state index in [1.54, 1.807) is 0 Å². The van der Waals surface area contributed by atoms with Crippen LogP contribution < -0.4 is 5.73 Å². The zero-order valence-electron chi connectivity index (χ0n) is 12.5. The van der Waals surface area contributed by atoms with Crippen LogP contribution in [0.1, 0.15) is 38.5 Å². The van der Waals surface area contributed by atoms with Crippen molar-refractivity contribution in [2.75, 3.05) is 33.7 Å². The van der Waals surface area contributed by atoms with Crippen molar-refractivity contribution in [3.8, 4) is 0 Å². The summed E-state index contributed by atoms with van der Waals surface area (Å²) in [6, 6.07) is 0.320. The first-order chi connectivity index (χ1) is 9.04. The van der Waals surface area contributed by atoms with Crippen LogP contribution in [0.5, 0.6) is 0 Å². The van der Waals surface area contributed by atoms with Gasteiger partial charge in [-0.2, -0.15) is 0 Å². The number of likely N-dealkylation sites (tertiary alicyclic amines) is 1. The molecular formula is C15H29N3O. The largest absolute Gasteiger partial charge is 0.345 e. The molecule has 2 aliphatic rings. The van der Waals surface area contributed by atoms with Gasteiger partial charge in [-0.25, -0.2) is 0 Å². The van der Waals surface area contributed by atoms with E-state index in [1.807, 2.05) is 11.9 Å². The van der Waals surface area contributed by atoms with Gasteiger partial charge in [-0.15, -0.1) is 0 Å².